The number of aryl methyl sites for hydroxylation is 2. The smallest absolute Gasteiger partial charge is 0.123 e. The fraction of sp³-hybridized carbons (Fsp3) is 0.105. The highest BCUT2D eigenvalue weighted by Gasteiger charge is 2.14. The standard InChI is InChI=1S/C19H15FN2/c1-11-3-5-18-16(9-11)19(12(2)22-18)14-7-8-21-17-6-4-13(20)10-15(14)17/h3-10,22H,1-2H3. The van der Waals surface area contributed by atoms with E-state index in [0.29, 0.717) is 0 Å². The van der Waals surface area contributed by atoms with Crippen molar-refractivity contribution in [3.8, 4) is 11.1 Å². The molecule has 0 aliphatic carbocycles. The van der Waals surface area contributed by atoms with Gasteiger partial charge in [0.25, 0.3) is 0 Å². The minimum Gasteiger partial charge on any atom is -0.358 e. The van der Waals surface area contributed by atoms with Gasteiger partial charge in [0.05, 0.1) is 5.52 Å². The fourth-order valence-corrected chi connectivity index (χ4v) is 3.12. The molecule has 0 unspecified atom stereocenters. The Hall–Kier alpha value is -2.68. The van der Waals surface area contributed by atoms with Crippen LogP contribution in [0.3, 0.4) is 0 Å². The van der Waals surface area contributed by atoms with Crippen molar-refractivity contribution in [3.63, 3.8) is 0 Å². The van der Waals surface area contributed by atoms with Gasteiger partial charge < -0.3 is 4.98 Å². The van der Waals surface area contributed by atoms with Crippen molar-refractivity contribution in [3.05, 3.63) is 65.7 Å². The molecule has 0 aliphatic rings. The van der Waals surface area contributed by atoms with E-state index in [2.05, 4.69) is 42.0 Å². The van der Waals surface area contributed by atoms with E-state index in [9.17, 15) is 4.39 Å². The summed E-state index contributed by atoms with van der Waals surface area (Å²) in [5.41, 5.74) is 6.32. The number of H-pyrrole nitrogens is 1. The highest BCUT2D eigenvalue weighted by atomic mass is 19.1. The predicted molar refractivity (Wildman–Crippen MR) is 88.5 cm³/mol. The van der Waals surface area contributed by atoms with Crippen LogP contribution in [0, 0.1) is 19.7 Å². The van der Waals surface area contributed by atoms with Crippen molar-refractivity contribution in [2.24, 2.45) is 0 Å². The fourth-order valence-electron chi connectivity index (χ4n) is 3.12. The third kappa shape index (κ3) is 1.90. The van der Waals surface area contributed by atoms with Gasteiger partial charge in [-0.05, 0) is 55.8 Å². The largest absolute Gasteiger partial charge is 0.358 e. The summed E-state index contributed by atoms with van der Waals surface area (Å²) in [4.78, 5) is 7.76. The normalized spacial score (nSPS) is 11.4. The summed E-state index contributed by atoms with van der Waals surface area (Å²) in [6.45, 7) is 4.13. The Morgan fingerprint density at radius 3 is 2.68 bits per heavy atom. The van der Waals surface area contributed by atoms with Crippen LogP contribution in [0.15, 0.2) is 48.7 Å². The molecule has 0 fully saturated rings. The molecule has 0 radical (unpaired) electrons. The van der Waals surface area contributed by atoms with E-state index in [1.165, 1.54) is 11.6 Å². The van der Waals surface area contributed by atoms with E-state index >= 15 is 0 Å². The van der Waals surface area contributed by atoms with Gasteiger partial charge in [0.1, 0.15) is 5.82 Å². The predicted octanol–water partition coefficient (Wildman–Crippen LogP) is 5.14. The van der Waals surface area contributed by atoms with E-state index < -0.39 is 0 Å². The number of hydrogen-bond acceptors (Lipinski definition) is 1. The van der Waals surface area contributed by atoms with E-state index in [1.54, 1.807) is 18.3 Å². The maximum atomic E-state index is 13.7. The van der Waals surface area contributed by atoms with Gasteiger partial charge >= 0.3 is 0 Å². The maximum Gasteiger partial charge on any atom is 0.123 e. The molecule has 0 bridgehead atoms. The molecule has 0 atom stereocenters. The van der Waals surface area contributed by atoms with Gasteiger partial charge in [-0.2, -0.15) is 0 Å². The Kier molecular flexibility index (Phi) is 2.76. The average Bonchev–Trinajstić information content (AvgIpc) is 2.82. The zero-order valence-corrected chi connectivity index (χ0v) is 12.4. The van der Waals surface area contributed by atoms with Crippen molar-refractivity contribution < 1.29 is 4.39 Å². The number of fused-ring (bicyclic) bond motifs is 2. The summed E-state index contributed by atoms with van der Waals surface area (Å²) in [5.74, 6) is -0.240. The summed E-state index contributed by atoms with van der Waals surface area (Å²) < 4.78 is 13.7. The van der Waals surface area contributed by atoms with E-state index in [4.69, 9.17) is 0 Å². The van der Waals surface area contributed by atoms with Gasteiger partial charge in [0.15, 0.2) is 0 Å². The van der Waals surface area contributed by atoms with E-state index in [1.807, 2.05) is 6.07 Å². The molecule has 0 amide bonds. The summed E-state index contributed by atoms with van der Waals surface area (Å²) >= 11 is 0. The Bertz CT molecular complexity index is 1010. The zero-order chi connectivity index (χ0) is 15.3. The van der Waals surface area contributed by atoms with Crippen LogP contribution in [0.4, 0.5) is 4.39 Å². The second-order valence-electron chi connectivity index (χ2n) is 5.69. The van der Waals surface area contributed by atoms with Crippen molar-refractivity contribution in [2.75, 3.05) is 0 Å². The third-order valence-corrected chi connectivity index (χ3v) is 4.11. The molecule has 0 saturated carbocycles. The molecule has 0 aliphatic heterocycles. The Morgan fingerprint density at radius 2 is 1.82 bits per heavy atom. The van der Waals surface area contributed by atoms with Crippen LogP contribution in [0.1, 0.15) is 11.3 Å². The molecule has 2 heterocycles. The van der Waals surface area contributed by atoms with Gasteiger partial charge in [0, 0.05) is 33.7 Å². The lowest BCUT2D eigenvalue weighted by Crippen LogP contribution is -1.87. The van der Waals surface area contributed by atoms with Crippen LogP contribution in [-0.4, -0.2) is 9.97 Å². The summed E-state index contributed by atoms with van der Waals surface area (Å²) in [5, 5.41) is 2.00. The van der Waals surface area contributed by atoms with Crippen LogP contribution in [0.5, 0.6) is 0 Å². The lowest BCUT2D eigenvalue weighted by Gasteiger charge is -2.07. The summed E-state index contributed by atoms with van der Waals surface area (Å²) in [6.07, 6.45) is 1.78. The van der Waals surface area contributed by atoms with Gasteiger partial charge in [-0.15, -0.1) is 0 Å². The summed E-state index contributed by atoms with van der Waals surface area (Å²) in [7, 11) is 0. The lowest BCUT2D eigenvalue weighted by molar-refractivity contribution is 0.629. The van der Waals surface area contributed by atoms with Crippen molar-refractivity contribution in [2.45, 2.75) is 13.8 Å². The van der Waals surface area contributed by atoms with E-state index in [-0.39, 0.29) is 5.82 Å². The van der Waals surface area contributed by atoms with Crippen LogP contribution in [0.25, 0.3) is 32.9 Å². The number of nitrogens with one attached hydrogen (secondary N) is 1. The van der Waals surface area contributed by atoms with Crippen molar-refractivity contribution in [1.29, 1.82) is 0 Å². The number of nitrogens with zero attached hydrogens (tertiary/aromatic N) is 1. The van der Waals surface area contributed by atoms with Crippen LogP contribution in [0.2, 0.25) is 0 Å². The topological polar surface area (TPSA) is 28.7 Å². The maximum absolute atomic E-state index is 13.7. The molecule has 0 saturated heterocycles. The SMILES string of the molecule is Cc1ccc2[nH]c(C)c(-c3ccnc4ccc(F)cc34)c2c1. The molecule has 1 N–H and O–H groups in total. The summed E-state index contributed by atoms with van der Waals surface area (Å²) in [6, 6.07) is 13.0. The quantitative estimate of drug-likeness (QED) is 0.516. The first kappa shape index (κ1) is 13.0. The van der Waals surface area contributed by atoms with E-state index in [0.717, 1.165) is 38.6 Å². The highest BCUT2D eigenvalue weighted by molar-refractivity contribution is 6.05. The molecule has 4 rings (SSSR count). The molecule has 0 spiro atoms. The average molecular weight is 290 g/mol. The van der Waals surface area contributed by atoms with Crippen molar-refractivity contribution in [1.82, 2.24) is 9.97 Å². The number of rotatable bonds is 1. The number of benzene rings is 2. The minimum absolute atomic E-state index is 0.240. The third-order valence-electron chi connectivity index (χ3n) is 4.11. The first-order valence-electron chi connectivity index (χ1n) is 7.27. The Morgan fingerprint density at radius 1 is 0.955 bits per heavy atom. The molecule has 2 nitrogen and oxygen atoms in total. The molecule has 3 heteroatoms. The molecule has 2 aromatic carbocycles. The number of hydrogen-bond donors (Lipinski definition) is 1. The van der Waals surface area contributed by atoms with Crippen molar-refractivity contribution >= 4 is 21.8 Å². The van der Waals surface area contributed by atoms with Crippen LogP contribution >= 0.6 is 0 Å². The first-order chi connectivity index (χ1) is 10.6. The van der Waals surface area contributed by atoms with Crippen LogP contribution in [-0.2, 0) is 0 Å². The highest BCUT2D eigenvalue weighted by Crippen LogP contribution is 2.36. The molecule has 22 heavy (non-hydrogen) atoms. The molecular formula is C19H15FN2. The number of halogens is 1. The zero-order valence-electron chi connectivity index (χ0n) is 12.4. The van der Waals surface area contributed by atoms with Gasteiger partial charge in [-0.3, -0.25) is 4.98 Å². The molecule has 108 valence electrons. The second kappa shape index (κ2) is 4.67. The number of aromatic amines is 1. The monoisotopic (exact) mass is 290 g/mol. The molecule has 4 aromatic rings. The molecule has 2 aromatic heterocycles. The first-order valence-corrected chi connectivity index (χ1v) is 7.27. The van der Waals surface area contributed by atoms with Crippen LogP contribution < -0.4 is 0 Å². The van der Waals surface area contributed by atoms with Gasteiger partial charge in [-0.1, -0.05) is 11.6 Å². The molecular weight excluding hydrogens is 275 g/mol. The minimum atomic E-state index is -0.240. The number of aromatic nitrogens is 2. The Labute approximate surface area is 127 Å². The Balaban J connectivity index is 2.13. The second-order valence-corrected chi connectivity index (χ2v) is 5.69. The van der Waals surface area contributed by atoms with Gasteiger partial charge in [-0.25, -0.2) is 4.39 Å². The lowest BCUT2D eigenvalue weighted by atomic mass is 9.98. The van der Waals surface area contributed by atoms with Gasteiger partial charge in [0.2, 0.25) is 0 Å². The number of pyridine rings is 1.